The summed E-state index contributed by atoms with van der Waals surface area (Å²) in [5.41, 5.74) is 13.9. The first kappa shape index (κ1) is 49.4. The van der Waals surface area contributed by atoms with Crippen molar-refractivity contribution < 1.29 is 103 Å². The molecular formula is C18H42N7O21P3. The van der Waals surface area contributed by atoms with E-state index in [-0.39, 0.29) is 27.9 Å². The number of nitrogen functional groups attached to an aromatic ring is 1. The lowest BCUT2D eigenvalue weighted by Gasteiger charge is -2.20. The van der Waals surface area contributed by atoms with E-state index in [9.17, 15) is 28.8 Å². The second kappa shape index (κ2) is 20.3. The second-order valence-electron chi connectivity index (χ2n) is 9.69. The molecule has 2 aromatic rings. The molecule has 0 amide bonds. The summed E-state index contributed by atoms with van der Waals surface area (Å²) in [6, 6.07) is 0. The van der Waals surface area contributed by atoms with Crippen molar-refractivity contribution >= 4 is 40.4 Å². The maximum Gasteiger partial charge on any atom is 0.490 e. The number of aliphatic hydroxyl groups is 8. The van der Waals surface area contributed by atoms with Gasteiger partial charge in [0.05, 0.1) is 63.7 Å². The zero-order valence-corrected chi connectivity index (χ0v) is 27.7. The number of aliphatic hydroxyl groups excluding tert-OH is 8. The zero-order valence-electron chi connectivity index (χ0n) is 25.0. The Balaban J connectivity index is 0. The van der Waals surface area contributed by atoms with Gasteiger partial charge in [0.2, 0.25) is 0 Å². The molecule has 2 aromatic heterocycles. The van der Waals surface area contributed by atoms with Crippen LogP contribution in [-0.2, 0) is 31.6 Å². The van der Waals surface area contributed by atoms with Gasteiger partial charge in [-0.05, 0) is 0 Å². The molecule has 0 bridgehead atoms. The fraction of sp³-hybridized carbons (Fsp3) is 0.722. The van der Waals surface area contributed by atoms with Crippen molar-refractivity contribution in [3.63, 3.8) is 0 Å². The number of rotatable bonds is 14. The predicted molar refractivity (Wildman–Crippen MR) is 159 cm³/mol. The molecule has 49 heavy (non-hydrogen) atoms. The first-order valence-corrected chi connectivity index (χ1v) is 17.0. The lowest BCUT2D eigenvalue weighted by molar-refractivity contribution is -0.0503. The van der Waals surface area contributed by atoms with Crippen molar-refractivity contribution in [2.45, 2.75) is 35.6 Å². The average Bonchev–Trinajstić information content (AvgIpc) is 3.55. The highest BCUT2D eigenvalue weighted by Crippen LogP contribution is 2.66. The number of nitrogens with zero attached hydrogens (tertiary/aromatic N) is 4. The summed E-state index contributed by atoms with van der Waals surface area (Å²) in [6.45, 7) is -3.37. The minimum Gasteiger partial charge on any atom is -0.412 e. The number of hydrogen-bond donors (Lipinski definition) is 15. The monoisotopic (exact) mass is 785 g/mol. The molecule has 0 spiro atoms. The largest absolute Gasteiger partial charge is 0.490 e. The van der Waals surface area contributed by atoms with Crippen LogP contribution in [0.5, 0.6) is 0 Å². The number of aromatic nitrogens is 4. The number of hydrogen-bond acceptors (Lipinski definition) is 21. The van der Waals surface area contributed by atoms with Gasteiger partial charge in [-0.25, -0.2) is 28.6 Å². The molecule has 0 aromatic carbocycles. The van der Waals surface area contributed by atoms with Crippen molar-refractivity contribution in [2.24, 2.45) is 11.5 Å². The van der Waals surface area contributed by atoms with Gasteiger partial charge in [-0.3, -0.25) is 9.09 Å². The summed E-state index contributed by atoms with van der Waals surface area (Å²) in [5, 5.41) is 70.5. The maximum atomic E-state index is 11.8. The van der Waals surface area contributed by atoms with Crippen molar-refractivity contribution in [1.82, 2.24) is 19.5 Å². The van der Waals surface area contributed by atoms with Gasteiger partial charge in [-0.1, -0.05) is 0 Å². The van der Waals surface area contributed by atoms with Gasteiger partial charge in [-0.15, -0.1) is 0 Å². The van der Waals surface area contributed by atoms with E-state index in [1.807, 2.05) is 0 Å². The van der Waals surface area contributed by atoms with Crippen LogP contribution in [0.15, 0.2) is 12.7 Å². The van der Waals surface area contributed by atoms with Crippen LogP contribution < -0.4 is 17.2 Å². The van der Waals surface area contributed by atoms with Crippen LogP contribution in [0.25, 0.3) is 11.2 Å². The van der Waals surface area contributed by atoms with E-state index in [4.69, 9.17) is 67.3 Å². The van der Waals surface area contributed by atoms with Crippen molar-refractivity contribution in [1.29, 1.82) is 0 Å². The van der Waals surface area contributed by atoms with Crippen LogP contribution in [0.4, 0.5) is 5.82 Å². The van der Waals surface area contributed by atoms with E-state index in [0.29, 0.717) is 0 Å². The number of phosphoric ester groups is 1. The van der Waals surface area contributed by atoms with Crippen LogP contribution in [0.2, 0.25) is 0 Å². The van der Waals surface area contributed by atoms with Gasteiger partial charge in [0.25, 0.3) is 0 Å². The summed E-state index contributed by atoms with van der Waals surface area (Å²) in [6.07, 6.45) is -3.69. The summed E-state index contributed by atoms with van der Waals surface area (Å²) in [5.74, 6) is 0.0426. The standard InChI is InChI=1S/C10H16N5O13P3.2C4H11NO3.2H2O/c11-8-5-9(13-2-12-8)15(3-14-5)10-7(17)6(16)4(26-10)1-25-30(21,22)28-31(23,24)27-29(18,19)20;2*5-4(1-6,2-7)3-8;;/h2-4,6-7,10,16-17H,1H2,(H,21,22)(H,23,24)(H2,11,12,13)(H2,18,19,20);2*6-8H,1-3,5H2;2*1H2/t4-,6-,7-,10-;;;;/m1..../s1. The van der Waals surface area contributed by atoms with E-state index in [1.54, 1.807) is 0 Å². The number of nitrogens with two attached hydrogens (primary N) is 3. The van der Waals surface area contributed by atoms with Crippen LogP contribution in [0.1, 0.15) is 6.23 Å². The lowest BCUT2D eigenvalue weighted by atomic mass is 10.1. The summed E-state index contributed by atoms with van der Waals surface area (Å²) in [7, 11) is -16.7. The Bertz CT molecular complexity index is 1370. The van der Waals surface area contributed by atoms with Crippen molar-refractivity contribution in [3.05, 3.63) is 12.7 Å². The number of imidazole rings is 1. The van der Waals surface area contributed by atoms with Crippen LogP contribution in [0, 0.1) is 0 Å². The number of phosphoric acid groups is 3. The van der Waals surface area contributed by atoms with Gasteiger partial charge in [0.15, 0.2) is 17.7 Å². The van der Waals surface area contributed by atoms with Gasteiger partial charge < -0.3 is 93.3 Å². The molecule has 290 valence electrons. The molecule has 0 saturated carbocycles. The van der Waals surface area contributed by atoms with Crippen LogP contribution in [-0.4, -0.2) is 167 Å². The molecule has 22 N–H and O–H groups in total. The molecule has 0 radical (unpaired) electrons. The van der Waals surface area contributed by atoms with E-state index in [2.05, 4.69) is 28.1 Å². The second-order valence-corrected chi connectivity index (χ2v) is 14.1. The molecule has 2 unspecified atom stereocenters. The molecule has 6 atom stereocenters. The van der Waals surface area contributed by atoms with E-state index in [0.717, 1.165) is 6.33 Å². The third kappa shape index (κ3) is 15.2. The highest BCUT2D eigenvalue weighted by atomic mass is 31.3. The minimum absolute atomic E-state index is 0. The minimum atomic E-state index is -5.70. The fourth-order valence-electron chi connectivity index (χ4n) is 2.92. The quantitative estimate of drug-likeness (QED) is 0.0791. The molecule has 1 saturated heterocycles. The SMILES string of the molecule is NC(CO)(CO)CO.NC(CO)(CO)CO.Nc1ncnc2c1ncn2[C@@H]1O[C@H](COP(=O)(O)OP(=O)(O)OP(=O)(O)O)[C@@H](O)[C@H]1O.O.O. The first-order valence-electron chi connectivity index (χ1n) is 12.5. The molecule has 31 heteroatoms. The summed E-state index contributed by atoms with van der Waals surface area (Å²) in [4.78, 5) is 47.2. The molecule has 28 nitrogen and oxygen atoms in total. The molecular weight excluding hydrogens is 743 g/mol. The van der Waals surface area contributed by atoms with Crippen molar-refractivity contribution in [2.75, 3.05) is 52.0 Å². The number of ether oxygens (including phenoxy) is 1. The van der Waals surface area contributed by atoms with Crippen LogP contribution in [0.3, 0.4) is 0 Å². The Labute approximate surface area is 275 Å². The van der Waals surface area contributed by atoms with E-state index in [1.165, 1.54) is 10.9 Å². The normalized spacial score (nSPS) is 21.9. The summed E-state index contributed by atoms with van der Waals surface area (Å²) < 4.78 is 51.9. The lowest BCUT2D eigenvalue weighted by Crippen LogP contribution is -2.50. The molecule has 1 aliphatic heterocycles. The molecule has 3 heterocycles. The Morgan fingerprint density at radius 3 is 1.65 bits per heavy atom. The van der Waals surface area contributed by atoms with E-state index >= 15 is 0 Å². The fourth-order valence-corrected chi connectivity index (χ4v) is 5.95. The van der Waals surface area contributed by atoms with Gasteiger partial charge in [-0.2, -0.15) is 8.62 Å². The van der Waals surface area contributed by atoms with Gasteiger partial charge in [0.1, 0.15) is 30.2 Å². The number of fused-ring (bicyclic) bond motifs is 1. The van der Waals surface area contributed by atoms with Gasteiger partial charge in [0, 0.05) is 0 Å². The summed E-state index contributed by atoms with van der Waals surface area (Å²) >= 11 is 0. The highest BCUT2D eigenvalue weighted by molar-refractivity contribution is 7.66. The predicted octanol–water partition coefficient (Wildman–Crippen LogP) is -7.96. The third-order valence-corrected chi connectivity index (χ3v) is 9.51. The first-order chi connectivity index (χ1) is 21.6. The zero-order chi connectivity index (χ0) is 36.4. The maximum absolute atomic E-state index is 11.8. The Morgan fingerprint density at radius 1 is 0.776 bits per heavy atom. The van der Waals surface area contributed by atoms with Crippen LogP contribution >= 0.6 is 23.5 Å². The Hall–Kier alpha value is -1.76. The smallest absolute Gasteiger partial charge is 0.412 e. The van der Waals surface area contributed by atoms with Crippen molar-refractivity contribution in [3.8, 4) is 0 Å². The third-order valence-electron chi connectivity index (χ3n) is 5.71. The van der Waals surface area contributed by atoms with E-state index < -0.39 is 105 Å². The average molecular weight is 785 g/mol. The Morgan fingerprint density at radius 2 is 1.24 bits per heavy atom. The molecule has 1 fully saturated rings. The molecule has 3 rings (SSSR count). The molecule has 1 aliphatic rings. The Kier molecular flexibility index (Phi) is 20.5. The van der Waals surface area contributed by atoms with Gasteiger partial charge >= 0.3 is 23.5 Å². The molecule has 0 aliphatic carbocycles. The topological polar surface area (TPSA) is 516 Å². The highest BCUT2D eigenvalue weighted by Gasteiger charge is 2.47. The number of anilines is 1.